The molecule has 6 nitrogen and oxygen atoms in total. The average molecular weight is 402 g/mol. The summed E-state index contributed by atoms with van der Waals surface area (Å²) in [5, 5.41) is 4.41. The molecule has 1 fully saturated rings. The van der Waals surface area contributed by atoms with Crippen molar-refractivity contribution in [2.24, 2.45) is 5.92 Å². The summed E-state index contributed by atoms with van der Waals surface area (Å²) >= 11 is 0. The van der Waals surface area contributed by atoms with Crippen LogP contribution < -0.4 is 16.2 Å². The van der Waals surface area contributed by atoms with Crippen molar-refractivity contribution in [3.05, 3.63) is 57.3 Å². The third kappa shape index (κ3) is 3.46. The topological polar surface area (TPSA) is 86.9 Å². The lowest BCUT2D eigenvalue weighted by molar-refractivity contribution is -0.178. The molecule has 0 saturated heterocycles. The molecule has 150 valence electrons. The van der Waals surface area contributed by atoms with Crippen LogP contribution in [0.3, 0.4) is 0 Å². The number of halogens is 3. The van der Waals surface area contributed by atoms with E-state index < -0.39 is 17.7 Å². The quantitative estimate of drug-likeness (QED) is 0.675. The van der Waals surface area contributed by atoms with Gasteiger partial charge in [-0.25, -0.2) is 9.78 Å². The first-order valence-electron chi connectivity index (χ1n) is 9.05. The fourth-order valence-corrected chi connectivity index (χ4v) is 3.28. The molecule has 1 saturated carbocycles. The molecule has 3 N–H and O–H groups in total. The summed E-state index contributed by atoms with van der Waals surface area (Å²) in [6.07, 6.45) is -1.83. The van der Waals surface area contributed by atoms with Crippen LogP contribution >= 0.6 is 0 Å². The van der Waals surface area contributed by atoms with E-state index in [1.807, 2.05) is 5.32 Å². The van der Waals surface area contributed by atoms with Crippen LogP contribution in [0.5, 0.6) is 0 Å². The number of fused-ring (bicyclic) bond motifs is 1. The number of alkyl halides is 3. The molecule has 1 aromatic heterocycles. The van der Waals surface area contributed by atoms with Gasteiger partial charge in [-0.2, -0.15) is 13.2 Å². The zero-order valence-electron chi connectivity index (χ0n) is 15.4. The lowest BCUT2D eigenvalue weighted by Crippen LogP contribution is -2.59. The van der Waals surface area contributed by atoms with E-state index in [0.29, 0.717) is 16.8 Å². The molecule has 1 aromatic carbocycles. The van der Waals surface area contributed by atoms with Gasteiger partial charge in [-0.15, -0.1) is 0 Å². The number of anilines is 1. The molecule has 0 spiro atoms. The summed E-state index contributed by atoms with van der Waals surface area (Å²) in [6.45, 7) is 1.68. The van der Waals surface area contributed by atoms with Crippen LogP contribution in [0.1, 0.15) is 35.2 Å². The van der Waals surface area contributed by atoms with Crippen molar-refractivity contribution in [3.63, 3.8) is 0 Å². The van der Waals surface area contributed by atoms with E-state index in [2.05, 4.69) is 27.1 Å². The van der Waals surface area contributed by atoms with Crippen LogP contribution in [0.2, 0.25) is 0 Å². The van der Waals surface area contributed by atoms with Crippen molar-refractivity contribution in [1.29, 1.82) is 0 Å². The van der Waals surface area contributed by atoms with Gasteiger partial charge in [-0.3, -0.25) is 4.79 Å². The van der Waals surface area contributed by atoms with E-state index in [-0.39, 0.29) is 29.1 Å². The summed E-state index contributed by atoms with van der Waals surface area (Å²) in [7, 11) is 0. The number of aromatic amines is 1. The largest absolute Gasteiger partial charge is 0.427 e. The Bertz CT molecular complexity index is 1110. The number of nitrogens with one attached hydrogen (secondary N) is 3. The molecule has 2 aliphatic rings. The molecule has 9 heteroatoms. The van der Waals surface area contributed by atoms with Gasteiger partial charge in [0, 0.05) is 34.8 Å². The maximum Gasteiger partial charge on any atom is 0.427 e. The van der Waals surface area contributed by atoms with E-state index in [9.17, 15) is 22.8 Å². The number of aromatic nitrogens is 2. The highest BCUT2D eigenvalue weighted by atomic mass is 19.4. The lowest BCUT2D eigenvalue weighted by Gasteiger charge is -2.37. The van der Waals surface area contributed by atoms with Gasteiger partial charge >= 0.3 is 12.2 Å². The minimum atomic E-state index is -4.81. The van der Waals surface area contributed by atoms with Crippen LogP contribution in [0.15, 0.2) is 29.3 Å². The van der Waals surface area contributed by atoms with Gasteiger partial charge in [0.05, 0.1) is 6.33 Å². The highest BCUT2D eigenvalue weighted by Gasteiger charge is 2.59. The Kier molecular flexibility index (Phi) is 4.37. The predicted octanol–water partition coefficient (Wildman–Crippen LogP) is 2.98. The smallest absolute Gasteiger partial charge is 0.313 e. The van der Waals surface area contributed by atoms with Crippen LogP contribution in [0.25, 0.3) is 0 Å². The van der Waals surface area contributed by atoms with Crippen molar-refractivity contribution in [3.8, 4) is 11.8 Å². The third-order valence-corrected chi connectivity index (χ3v) is 5.05. The van der Waals surface area contributed by atoms with E-state index in [1.54, 1.807) is 6.92 Å². The number of H-pyrrole nitrogens is 1. The number of amides is 2. The first-order chi connectivity index (χ1) is 13.7. The predicted molar refractivity (Wildman–Crippen MR) is 99.2 cm³/mol. The number of hydrogen-bond acceptors (Lipinski definition) is 3. The Morgan fingerprint density at radius 1 is 1.28 bits per heavy atom. The van der Waals surface area contributed by atoms with E-state index in [4.69, 9.17) is 0 Å². The van der Waals surface area contributed by atoms with E-state index in [0.717, 1.165) is 12.8 Å². The number of urea groups is 1. The Morgan fingerprint density at radius 2 is 2.03 bits per heavy atom. The van der Waals surface area contributed by atoms with Gasteiger partial charge < -0.3 is 15.6 Å². The summed E-state index contributed by atoms with van der Waals surface area (Å²) in [5.74, 6) is 4.87. The zero-order valence-corrected chi connectivity index (χ0v) is 15.4. The SMILES string of the molecule is Cc1nc[nH]c(=O)c1Cc1ccc2c(c1)NC(=O)NC2(C#CC1CC1)C(F)(F)F. The Balaban J connectivity index is 1.79. The molecule has 2 heterocycles. The minimum absolute atomic E-state index is 0.0200. The van der Waals surface area contributed by atoms with Crippen molar-refractivity contribution in [1.82, 2.24) is 15.3 Å². The molecule has 1 atom stereocenters. The van der Waals surface area contributed by atoms with Crippen molar-refractivity contribution >= 4 is 11.7 Å². The maximum atomic E-state index is 14.1. The van der Waals surface area contributed by atoms with Gasteiger partial charge in [-0.05, 0) is 31.4 Å². The third-order valence-electron chi connectivity index (χ3n) is 5.05. The fourth-order valence-electron chi connectivity index (χ4n) is 3.28. The lowest BCUT2D eigenvalue weighted by atomic mass is 9.85. The van der Waals surface area contributed by atoms with Crippen molar-refractivity contribution in [2.75, 3.05) is 5.32 Å². The molecule has 29 heavy (non-hydrogen) atoms. The molecule has 0 bridgehead atoms. The summed E-state index contributed by atoms with van der Waals surface area (Å²) in [6, 6.07) is 3.27. The molecule has 2 aromatic rings. The number of carbonyl (C=O) groups is 1. The summed E-state index contributed by atoms with van der Waals surface area (Å²) in [4.78, 5) is 30.6. The normalized spacial score (nSPS) is 20.8. The second kappa shape index (κ2) is 6.65. The van der Waals surface area contributed by atoms with Crippen LogP contribution in [0.4, 0.5) is 23.7 Å². The second-order valence-corrected chi connectivity index (χ2v) is 7.22. The van der Waals surface area contributed by atoms with Gasteiger partial charge in [0.1, 0.15) is 0 Å². The average Bonchev–Trinajstić information content (AvgIpc) is 3.46. The van der Waals surface area contributed by atoms with Crippen LogP contribution in [0, 0.1) is 24.7 Å². The number of nitrogens with zero attached hydrogens (tertiary/aromatic N) is 1. The highest BCUT2D eigenvalue weighted by Crippen LogP contribution is 2.44. The molecule has 0 radical (unpaired) electrons. The van der Waals surface area contributed by atoms with Crippen LogP contribution in [-0.4, -0.2) is 22.2 Å². The fraction of sp³-hybridized carbons (Fsp3) is 0.350. The molecular weight excluding hydrogens is 385 g/mol. The number of benzene rings is 1. The Morgan fingerprint density at radius 3 is 2.69 bits per heavy atom. The van der Waals surface area contributed by atoms with Gasteiger partial charge in [-0.1, -0.05) is 24.0 Å². The minimum Gasteiger partial charge on any atom is -0.313 e. The molecule has 4 rings (SSSR count). The molecule has 2 amide bonds. The molecule has 1 aliphatic carbocycles. The standard InChI is InChI=1S/C20H17F3N4O2/c1-11-14(17(28)25-10-24-11)8-13-4-5-15-16(9-13)26-18(29)27-19(15,20(21,22)23)7-6-12-2-3-12/h4-5,9-10,12H,2-3,8H2,1H3,(H,24,25,28)(H2,26,27,29). The number of hydrogen-bond donors (Lipinski definition) is 3. The highest BCUT2D eigenvalue weighted by molar-refractivity contribution is 5.95. The Labute approximate surface area is 163 Å². The molecule has 1 aliphatic heterocycles. The van der Waals surface area contributed by atoms with E-state index >= 15 is 0 Å². The molecular formula is C20H17F3N4O2. The first kappa shape index (κ1) is 19.1. The Hall–Kier alpha value is -3.28. The van der Waals surface area contributed by atoms with Gasteiger partial charge in [0.2, 0.25) is 5.54 Å². The second-order valence-electron chi connectivity index (χ2n) is 7.22. The molecule has 1 unspecified atom stereocenters. The van der Waals surface area contributed by atoms with Gasteiger partial charge in [0.15, 0.2) is 0 Å². The summed E-state index contributed by atoms with van der Waals surface area (Å²) in [5.41, 5.74) is -1.74. The van der Waals surface area contributed by atoms with Crippen molar-refractivity contribution in [2.45, 2.75) is 37.9 Å². The number of rotatable bonds is 2. The summed E-state index contributed by atoms with van der Waals surface area (Å²) < 4.78 is 42.2. The maximum absolute atomic E-state index is 14.1. The zero-order chi connectivity index (χ0) is 20.8. The van der Waals surface area contributed by atoms with Crippen LogP contribution in [-0.2, 0) is 12.0 Å². The van der Waals surface area contributed by atoms with E-state index in [1.165, 1.54) is 24.5 Å². The van der Waals surface area contributed by atoms with Crippen molar-refractivity contribution < 1.29 is 18.0 Å². The monoisotopic (exact) mass is 402 g/mol. The first-order valence-corrected chi connectivity index (χ1v) is 9.05. The number of carbonyl (C=O) groups excluding carboxylic acids is 1. The van der Waals surface area contributed by atoms with Gasteiger partial charge in [0.25, 0.3) is 5.56 Å². The number of aryl methyl sites for hydroxylation is 1.